The Morgan fingerprint density at radius 2 is 1.47 bits per heavy atom. The van der Waals surface area contributed by atoms with E-state index in [4.69, 9.17) is 10.6 Å². The fourth-order valence-corrected chi connectivity index (χ4v) is 2.59. The number of unbranched alkanes of at least 4 members (excludes halogenated alkanes) is 7. The first-order valence-corrected chi connectivity index (χ1v) is 8.18. The van der Waals surface area contributed by atoms with Gasteiger partial charge in [0.05, 0.1) is 5.60 Å². The zero-order valence-corrected chi connectivity index (χ0v) is 13.6. The Morgan fingerprint density at radius 3 is 1.95 bits per heavy atom. The molecule has 0 saturated heterocycles. The van der Waals surface area contributed by atoms with Gasteiger partial charge in [0.15, 0.2) is 0 Å². The third-order valence-electron chi connectivity index (χ3n) is 3.90. The molecule has 0 heterocycles. The number of hydrogen-bond donors (Lipinski definition) is 2. The van der Waals surface area contributed by atoms with E-state index >= 15 is 0 Å². The van der Waals surface area contributed by atoms with E-state index in [0.717, 1.165) is 13.0 Å². The molecule has 0 aliphatic rings. The second-order valence-electron chi connectivity index (χ2n) is 6.02. The fourth-order valence-electron chi connectivity index (χ4n) is 2.59. The Kier molecular flexibility index (Phi) is 11.6. The first-order chi connectivity index (χ1) is 9.08. The lowest BCUT2D eigenvalue weighted by Crippen LogP contribution is -2.51. The van der Waals surface area contributed by atoms with Gasteiger partial charge in [-0.25, -0.2) is 0 Å². The van der Waals surface area contributed by atoms with Crippen molar-refractivity contribution in [2.75, 3.05) is 6.61 Å². The number of rotatable bonds is 13. The topological polar surface area (TPSA) is 47.3 Å². The van der Waals surface area contributed by atoms with Gasteiger partial charge in [-0.3, -0.25) is 11.3 Å². The van der Waals surface area contributed by atoms with Crippen LogP contribution in [0.2, 0.25) is 0 Å². The van der Waals surface area contributed by atoms with Gasteiger partial charge in [0.2, 0.25) is 0 Å². The smallest absolute Gasteiger partial charge is 0.0792 e. The van der Waals surface area contributed by atoms with E-state index in [9.17, 15) is 0 Å². The molecule has 0 aromatic carbocycles. The van der Waals surface area contributed by atoms with Crippen molar-refractivity contribution in [3.63, 3.8) is 0 Å². The maximum atomic E-state index is 5.76. The summed E-state index contributed by atoms with van der Waals surface area (Å²) in [5.74, 6) is 5.65. The molecule has 0 bridgehead atoms. The number of nitrogens with one attached hydrogen (secondary N) is 1. The van der Waals surface area contributed by atoms with Gasteiger partial charge in [-0.05, 0) is 27.2 Å². The minimum Gasteiger partial charge on any atom is -0.374 e. The minimum atomic E-state index is -0.176. The predicted octanol–water partition coefficient (Wildman–Crippen LogP) is 4.16. The summed E-state index contributed by atoms with van der Waals surface area (Å²) in [6.07, 6.45) is 11.9. The van der Waals surface area contributed by atoms with Gasteiger partial charge in [0.1, 0.15) is 0 Å². The number of hydrazine groups is 1. The summed E-state index contributed by atoms with van der Waals surface area (Å²) in [5, 5.41) is 0. The highest BCUT2D eigenvalue weighted by atomic mass is 16.5. The number of nitrogens with two attached hydrogens (primary N) is 1. The third-order valence-corrected chi connectivity index (χ3v) is 3.90. The van der Waals surface area contributed by atoms with Crippen LogP contribution in [0.4, 0.5) is 0 Å². The quantitative estimate of drug-likeness (QED) is 0.300. The zero-order valence-electron chi connectivity index (χ0n) is 13.6. The van der Waals surface area contributed by atoms with Crippen LogP contribution >= 0.6 is 0 Å². The average molecular weight is 272 g/mol. The molecule has 0 aromatic rings. The maximum Gasteiger partial charge on any atom is 0.0792 e. The van der Waals surface area contributed by atoms with E-state index in [1.165, 1.54) is 51.4 Å². The molecule has 0 aliphatic carbocycles. The highest BCUT2D eigenvalue weighted by Crippen LogP contribution is 2.20. The Labute approximate surface area is 120 Å². The average Bonchev–Trinajstić information content (AvgIpc) is 2.36. The Morgan fingerprint density at radius 1 is 0.947 bits per heavy atom. The largest absolute Gasteiger partial charge is 0.374 e. The van der Waals surface area contributed by atoms with E-state index < -0.39 is 0 Å². The second kappa shape index (κ2) is 11.7. The summed E-state index contributed by atoms with van der Waals surface area (Å²) in [6.45, 7) is 9.27. The molecule has 3 nitrogen and oxygen atoms in total. The van der Waals surface area contributed by atoms with Gasteiger partial charge in [-0.2, -0.15) is 0 Å². The molecule has 116 valence electrons. The van der Waals surface area contributed by atoms with E-state index in [1.807, 2.05) is 6.92 Å². The fraction of sp³-hybridized carbons (Fsp3) is 1.00. The molecule has 1 unspecified atom stereocenters. The first kappa shape index (κ1) is 18.9. The minimum absolute atomic E-state index is 0.176. The van der Waals surface area contributed by atoms with Crippen LogP contribution in [0.3, 0.4) is 0 Å². The van der Waals surface area contributed by atoms with Gasteiger partial charge in [0.25, 0.3) is 0 Å². The van der Waals surface area contributed by atoms with E-state index in [0.29, 0.717) is 0 Å². The molecule has 0 aliphatic heterocycles. The molecule has 0 amide bonds. The van der Waals surface area contributed by atoms with E-state index in [1.54, 1.807) is 0 Å². The van der Waals surface area contributed by atoms with Crippen molar-refractivity contribution in [3.05, 3.63) is 0 Å². The molecule has 0 spiro atoms. The standard InChI is InChI=1S/C16H36N2O/c1-5-7-8-9-10-11-12-13-14-15(18-17)16(3,4)19-6-2/h15,18H,5-14,17H2,1-4H3. The highest BCUT2D eigenvalue weighted by molar-refractivity contribution is 4.83. The van der Waals surface area contributed by atoms with Crippen LogP contribution in [0.15, 0.2) is 0 Å². The maximum absolute atomic E-state index is 5.76. The van der Waals surface area contributed by atoms with Crippen molar-refractivity contribution in [1.29, 1.82) is 0 Å². The van der Waals surface area contributed by atoms with Gasteiger partial charge < -0.3 is 4.74 Å². The molecule has 3 heteroatoms. The summed E-state index contributed by atoms with van der Waals surface area (Å²) >= 11 is 0. The van der Waals surface area contributed by atoms with Crippen molar-refractivity contribution in [2.45, 2.75) is 97.1 Å². The van der Waals surface area contributed by atoms with Crippen molar-refractivity contribution >= 4 is 0 Å². The van der Waals surface area contributed by atoms with Crippen LogP contribution in [0.25, 0.3) is 0 Å². The van der Waals surface area contributed by atoms with E-state index in [-0.39, 0.29) is 11.6 Å². The molecule has 0 saturated carbocycles. The Balaban J connectivity index is 3.61. The van der Waals surface area contributed by atoms with Crippen LogP contribution < -0.4 is 11.3 Å². The van der Waals surface area contributed by atoms with Crippen molar-refractivity contribution in [3.8, 4) is 0 Å². The van der Waals surface area contributed by atoms with Crippen LogP contribution in [-0.2, 0) is 4.74 Å². The van der Waals surface area contributed by atoms with Crippen molar-refractivity contribution in [2.24, 2.45) is 5.84 Å². The number of hydrogen-bond acceptors (Lipinski definition) is 3. The Hall–Kier alpha value is -0.120. The van der Waals surface area contributed by atoms with Gasteiger partial charge in [-0.1, -0.05) is 58.3 Å². The summed E-state index contributed by atoms with van der Waals surface area (Å²) in [7, 11) is 0. The summed E-state index contributed by atoms with van der Waals surface area (Å²) in [5.41, 5.74) is 2.74. The SMILES string of the molecule is CCCCCCCCCCC(NN)C(C)(C)OCC. The molecule has 0 rings (SSSR count). The number of ether oxygens (including phenoxy) is 1. The lowest BCUT2D eigenvalue weighted by Gasteiger charge is -2.33. The van der Waals surface area contributed by atoms with Gasteiger partial charge in [0, 0.05) is 12.6 Å². The second-order valence-corrected chi connectivity index (χ2v) is 6.02. The van der Waals surface area contributed by atoms with E-state index in [2.05, 4.69) is 26.2 Å². The normalized spacial score (nSPS) is 13.7. The molecular weight excluding hydrogens is 236 g/mol. The lowest BCUT2D eigenvalue weighted by molar-refractivity contribution is -0.0406. The molecule has 0 aromatic heterocycles. The molecular formula is C16H36N2O. The zero-order chi connectivity index (χ0) is 14.6. The first-order valence-electron chi connectivity index (χ1n) is 8.18. The molecule has 3 N–H and O–H groups in total. The predicted molar refractivity (Wildman–Crippen MR) is 84.0 cm³/mol. The summed E-state index contributed by atoms with van der Waals surface area (Å²) < 4.78 is 5.76. The van der Waals surface area contributed by atoms with Gasteiger partial charge in [-0.15, -0.1) is 0 Å². The third kappa shape index (κ3) is 9.42. The molecule has 0 fully saturated rings. The van der Waals surface area contributed by atoms with Gasteiger partial charge >= 0.3 is 0 Å². The Bertz CT molecular complexity index is 195. The molecule has 1 atom stereocenters. The summed E-state index contributed by atoms with van der Waals surface area (Å²) in [6, 6.07) is 0.243. The van der Waals surface area contributed by atoms with Crippen LogP contribution in [0, 0.1) is 0 Å². The summed E-state index contributed by atoms with van der Waals surface area (Å²) in [4.78, 5) is 0. The lowest BCUT2D eigenvalue weighted by atomic mass is 9.93. The van der Waals surface area contributed by atoms with Crippen LogP contribution in [0.1, 0.15) is 85.5 Å². The van der Waals surface area contributed by atoms with Crippen LogP contribution in [-0.4, -0.2) is 18.2 Å². The molecule has 19 heavy (non-hydrogen) atoms. The van der Waals surface area contributed by atoms with Crippen LogP contribution in [0.5, 0.6) is 0 Å². The van der Waals surface area contributed by atoms with Crippen molar-refractivity contribution < 1.29 is 4.74 Å². The monoisotopic (exact) mass is 272 g/mol. The van der Waals surface area contributed by atoms with Crippen molar-refractivity contribution in [1.82, 2.24) is 5.43 Å². The molecule has 0 radical (unpaired) electrons. The highest BCUT2D eigenvalue weighted by Gasteiger charge is 2.28.